The van der Waals surface area contributed by atoms with Gasteiger partial charge in [-0.25, -0.2) is 0 Å². The van der Waals surface area contributed by atoms with Gasteiger partial charge in [-0.1, -0.05) is 6.42 Å². The summed E-state index contributed by atoms with van der Waals surface area (Å²) in [6.07, 6.45) is 7.64. The van der Waals surface area contributed by atoms with Gasteiger partial charge in [-0.3, -0.25) is 9.58 Å². The minimum atomic E-state index is 0.443. The van der Waals surface area contributed by atoms with Gasteiger partial charge in [0.25, 0.3) is 0 Å². The molecule has 0 unspecified atom stereocenters. The lowest BCUT2D eigenvalue weighted by molar-refractivity contribution is 0.123. The van der Waals surface area contributed by atoms with E-state index in [2.05, 4.69) is 22.1 Å². The van der Waals surface area contributed by atoms with Crippen molar-refractivity contribution in [3.63, 3.8) is 0 Å². The molecule has 1 fully saturated rings. The zero-order valence-electron chi connectivity index (χ0n) is 11.5. The van der Waals surface area contributed by atoms with Crippen molar-refractivity contribution in [2.45, 2.75) is 38.8 Å². The molecule has 2 aromatic rings. The van der Waals surface area contributed by atoms with Crippen LogP contribution in [-0.4, -0.2) is 27.8 Å². The molecule has 0 saturated carbocycles. The van der Waals surface area contributed by atoms with Gasteiger partial charge in [-0.15, -0.1) is 0 Å². The number of hydrogen-bond acceptors (Lipinski definition) is 3. The first-order valence-corrected chi connectivity index (χ1v) is 7.11. The predicted octanol–water partition coefficient (Wildman–Crippen LogP) is 3.01. The second-order valence-electron chi connectivity index (χ2n) is 5.27. The molecule has 102 valence electrons. The Kier molecular flexibility index (Phi) is 3.69. The minimum Gasteiger partial charge on any atom is -0.465 e. The Balaban J connectivity index is 1.67. The molecule has 0 aromatic carbocycles. The number of hydrogen-bond donors (Lipinski definition) is 0. The van der Waals surface area contributed by atoms with Crippen molar-refractivity contribution in [2.75, 3.05) is 13.1 Å². The molecule has 0 aliphatic carbocycles. The molecule has 0 spiro atoms. The maximum atomic E-state index is 5.83. The van der Waals surface area contributed by atoms with E-state index in [4.69, 9.17) is 4.42 Å². The Morgan fingerprint density at radius 1 is 1.32 bits per heavy atom. The van der Waals surface area contributed by atoms with Crippen molar-refractivity contribution in [3.8, 4) is 0 Å². The van der Waals surface area contributed by atoms with Gasteiger partial charge < -0.3 is 4.42 Å². The maximum Gasteiger partial charge on any atom is 0.121 e. The maximum absolute atomic E-state index is 5.83. The Labute approximate surface area is 114 Å². The van der Waals surface area contributed by atoms with Crippen LogP contribution < -0.4 is 0 Å². The van der Waals surface area contributed by atoms with Crippen molar-refractivity contribution >= 4 is 0 Å². The monoisotopic (exact) mass is 259 g/mol. The van der Waals surface area contributed by atoms with Gasteiger partial charge in [0, 0.05) is 18.9 Å². The van der Waals surface area contributed by atoms with Gasteiger partial charge in [0.2, 0.25) is 0 Å². The van der Waals surface area contributed by atoms with Crippen molar-refractivity contribution in [3.05, 3.63) is 42.1 Å². The van der Waals surface area contributed by atoms with E-state index in [0.717, 1.165) is 31.2 Å². The summed E-state index contributed by atoms with van der Waals surface area (Å²) in [5, 5.41) is 4.27. The lowest BCUT2D eigenvalue weighted by Crippen LogP contribution is -2.35. The van der Waals surface area contributed by atoms with Gasteiger partial charge in [-0.2, -0.15) is 5.10 Å². The van der Waals surface area contributed by atoms with Crippen molar-refractivity contribution in [2.24, 2.45) is 0 Å². The van der Waals surface area contributed by atoms with Crippen molar-refractivity contribution < 1.29 is 4.42 Å². The van der Waals surface area contributed by atoms with E-state index >= 15 is 0 Å². The molecule has 4 heteroatoms. The third-order valence-corrected chi connectivity index (χ3v) is 3.88. The molecule has 3 heterocycles. The van der Waals surface area contributed by atoms with Crippen LogP contribution in [0.15, 0.2) is 35.0 Å². The van der Waals surface area contributed by atoms with Gasteiger partial charge in [0.05, 0.1) is 12.6 Å². The molecule has 0 radical (unpaired) electrons. The normalized spacial score (nSPS) is 20.8. The lowest BCUT2D eigenvalue weighted by atomic mass is 10.00. The highest BCUT2D eigenvalue weighted by molar-refractivity contribution is 5.10. The summed E-state index contributed by atoms with van der Waals surface area (Å²) in [4.78, 5) is 2.53. The Morgan fingerprint density at radius 2 is 2.26 bits per heavy atom. The van der Waals surface area contributed by atoms with Crippen LogP contribution in [0.5, 0.6) is 0 Å². The third kappa shape index (κ3) is 2.89. The molecule has 2 aromatic heterocycles. The summed E-state index contributed by atoms with van der Waals surface area (Å²) in [6.45, 7) is 5.15. The topological polar surface area (TPSA) is 34.2 Å². The van der Waals surface area contributed by atoms with Gasteiger partial charge in [-0.05, 0) is 44.5 Å². The molecule has 4 nitrogen and oxygen atoms in total. The van der Waals surface area contributed by atoms with Gasteiger partial charge in [0.1, 0.15) is 11.5 Å². The van der Waals surface area contributed by atoms with Crippen LogP contribution in [0.3, 0.4) is 0 Å². The average molecular weight is 259 g/mol. The third-order valence-electron chi connectivity index (χ3n) is 3.88. The number of likely N-dealkylation sites (tertiary alicyclic amines) is 1. The Hall–Kier alpha value is -1.55. The Morgan fingerprint density at radius 3 is 3.00 bits per heavy atom. The minimum absolute atomic E-state index is 0.443. The number of aryl methyl sites for hydroxylation is 1. The SMILES string of the molecule is Cc1ccc([C@H]2CCCCN2CCn2cccn2)o1. The summed E-state index contributed by atoms with van der Waals surface area (Å²) in [7, 11) is 0. The summed E-state index contributed by atoms with van der Waals surface area (Å²) in [6, 6.07) is 6.61. The average Bonchev–Trinajstić information content (AvgIpc) is 3.08. The van der Waals surface area contributed by atoms with Crippen LogP contribution in [0.4, 0.5) is 0 Å². The number of piperidine rings is 1. The largest absolute Gasteiger partial charge is 0.465 e. The molecular weight excluding hydrogens is 238 g/mol. The zero-order chi connectivity index (χ0) is 13.1. The lowest BCUT2D eigenvalue weighted by Gasteiger charge is -2.34. The van der Waals surface area contributed by atoms with Crippen LogP contribution >= 0.6 is 0 Å². The first-order valence-electron chi connectivity index (χ1n) is 7.11. The number of rotatable bonds is 4. The predicted molar refractivity (Wildman–Crippen MR) is 73.8 cm³/mol. The van der Waals surface area contributed by atoms with Crippen molar-refractivity contribution in [1.82, 2.24) is 14.7 Å². The first kappa shape index (κ1) is 12.5. The van der Waals surface area contributed by atoms with Gasteiger partial charge in [0.15, 0.2) is 0 Å². The number of aromatic nitrogens is 2. The van der Waals surface area contributed by atoms with E-state index in [1.54, 1.807) is 0 Å². The van der Waals surface area contributed by atoms with Crippen LogP contribution in [0, 0.1) is 6.92 Å². The summed E-state index contributed by atoms with van der Waals surface area (Å²) in [5.41, 5.74) is 0. The van der Waals surface area contributed by atoms with Crippen LogP contribution in [0.2, 0.25) is 0 Å². The Bertz CT molecular complexity index is 503. The molecule has 3 rings (SSSR count). The molecule has 0 amide bonds. The van der Waals surface area contributed by atoms with E-state index in [9.17, 15) is 0 Å². The number of nitrogens with zero attached hydrogens (tertiary/aromatic N) is 3. The van der Waals surface area contributed by atoms with E-state index in [1.165, 1.54) is 19.3 Å². The second kappa shape index (κ2) is 5.61. The molecule has 1 aliphatic heterocycles. The summed E-state index contributed by atoms with van der Waals surface area (Å²) in [5.74, 6) is 2.13. The number of furan rings is 1. The van der Waals surface area contributed by atoms with E-state index < -0.39 is 0 Å². The molecule has 1 aliphatic rings. The second-order valence-corrected chi connectivity index (χ2v) is 5.27. The standard InChI is InChI=1S/C15H21N3O/c1-13-6-7-15(19-13)14-5-2-3-9-17(14)11-12-18-10-4-8-16-18/h4,6-8,10,14H,2-3,5,9,11-12H2,1H3/t14-/m1/s1. The fraction of sp³-hybridized carbons (Fsp3) is 0.533. The quantitative estimate of drug-likeness (QED) is 0.846. The molecule has 1 atom stereocenters. The fourth-order valence-corrected chi connectivity index (χ4v) is 2.88. The highest BCUT2D eigenvalue weighted by Gasteiger charge is 2.25. The highest BCUT2D eigenvalue weighted by Crippen LogP contribution is 2.31. The fourth-order valence-electron chi connectivity index (χ4n) is 2.88. The molecule has 0 N–H and O–H groups in total. The van der Waals surface area contributed by atoms with Crippen molar-refractivity contribution in [1.29, 1.82) is 0 Å². The zero-order valence-corrected chi connectivity index (χ0v) is 11.5. The summed E-state index contributed by atoms with van der Waals surface area (Å²) < 4.78 is 7.83. The smallest absolute Gasteiger partial charge is 0.121 e. The molecule has 0 bridgehead atoms. The van der Waals surface area contributed by atoms with Crippen LogP contribution in [-0.2, 0) is 6.54 Å². The summed E-state index contributed by atoms with van der Waals surface area (Å²) >= 11 is 0. The van der Waals surface area contributed by atoms with Crippen LogP contribution in [0.25, 0.3) is 0 Å². The van der Waals surface area contributed by atoms with E-state index in [0.29, 0.717) is 6.04 Å². The highest BCUT2D eigenvalue weighted by atomic mass is 16.3. The molecule has 1 saturated heterocycles. The van der Waals surface area contributed by atoms with Gasteiger partial charge >= 0.3 is 0 Å². The molecular formula is C15H21N3O. The van der Waals surface area contributed by atoms with E-state index in [1.807, 2.05) is 30.1 Å². The van der Waals surface area contributed by atoms with E-state index in [-0.39, 0.29) is 0 Å². The van der Waals surface area contributed by atoms with Crippen LogP contribution in [0.1, 0.15) is 36.8 Å². The molecule has 19 heavy (non-hydrogen) atoms. The first-order chi connectivity index (χ1) is 9.33.